The summed E-state index contributed by atoms with van der Waals surface area (Å²) in [7, 11) is 0. The monoisotopic (exact) mass is 414 g/mol. The molecule has 0 aliphatic rings. The van der Waals surface area contributed by atoms with Crippen LogP contribution in [0, 0.1) is 13.8 Å². The Kier molecular flexibility index (Phi) is 5.30. The van der Waals surface area contributed by atoms with Crippen molar-refractivity contribution >= 4 is 0 Å². The molecule has 0 spiro atoms. The summed E-state index contributed by atoms with van der Waals surface area (Å²) in [5, 5.41) is 0. The molecule has 0 bridgehead atoms. The number of aryl methyl sites for hydroxylation is 2. The zero-order valence-electron chi connectivity index (χ0n) is 18.2. The molecular weight excluding hydrogens is 390 g/mol. The molecule has 32 heavy (non-hydrogen) atoms. The van der Waals surface area contributed by atoms with Crippen molar-refractivity contribution < 1.29 is 4.57 Å². The van der Waals surface area contributed by atoms with E-state index in [0.717, 1.165) is 39.3 Å². The fraction of sp³-hybridized carbons (Fsp3) is 0.0690. The van der Waals surface area contributed by atoms with E-state index >= 15 is 0 Å². The largest absolute Gasteiger partial charge is 0.265 e. The predicted octanol–water partition coefficient (Wildman–Crippen LogP) is 6.37. The first-order chi connectivity index (χ1) is 15.7. The van der Waals surface area contributed by atoms with Gasteiger partial charge in [0.15, 0.2) is 0 Å². The predicted molar refractivity (Wildman–Crippen MR) is 129 cm³/mol. The highest BCUT2D eigenvalue weighted by Gasteiger charge is 2.24. The average molecular weight is 415 g/mol. The lowest BCUT2D eigenvalue weighted by atomic mass is 9.98. The molecule has 0 saturated carbocycles. The third kappa shape index (κ3) is 3.93. The van der Waals surface area contributed by atoms with Crippen molar-refractivity contribution in [2.75, 3.05) is 0 Å². The summed E-state index contributed by atoms with van der Waals surface area (Å²) >= 11 is 0. The van der Waals surface area contributed by atoms with Gasteiger partial charge in [0.05, 0.1) is 0 Å². The van der Waals surface area contributed by atoms with Crippen LogP contribution in [0.5, 0.6) is 0 Å². The Morgan fingerprint density at radius 2 is 0.906 bits per heavy atom. The van der Waals surface area contributed by atoms with Gasteiger partial charge >= 0.3 is 0 Å². The van der Waals surface area contributed by atoms with E-state index in [4.69, 9.17) is 0 Å². The van der Waals surface area contributed by atoms with Crippen LogP contribution < -0.4 is 4.57 Å². The summed E-state index contributed by atoms with van der Waals surface area (Å²) in [4.78, 5) is 8.45. The molecule has 0 aliphatic carbocycles. The van der Waals surface area contributed by atoms with E-state index < -0.39 is 0 Å². The van der Waals surface area contributed by atoms with Crippen molar-refractivity contribution in [2.45, 2.75) is 13.8 Å². The van der Waals surface area contributed by atoms with E-state index in [0.29, 0.717) is 0 Å². The average Bonchev–Trinajstić information content (AvgIpc) is 2.85. The molecule has 0 amide bonds. The maximum Gasteiger partial charge on any atom is 0.219 e. The molecule has 0 radical (unpaired) electrons. The minimum Gasteiger partial charge on any atom is -0.265 e. The van der Waals surface area contributed by atoms with Gasteiger partial charge in [-0.25, -0.2) is 0 Å². The third-order valence-electron chi connectivity index (χ3n) is 5.70. The Morgan fingerprint density at radius 3 is 1.38 bits per heavy atom. The molecule has 3 nitrogen and oxygen atoms in total. The molecule has 0 N–H and O–H groups in total. The Hall–Kier alpha value is -4.11. The first-order valence-corrected chi connectivity index (χ1v) is 10.7. The summed E-state index contributed by atoms with van der Waals surface area (Å²) in [6.45, 7) is 4.23. The second-order valence-corrected chi connectivity index (χ2v) is 8.02. The number of hydrogen-bond donors (Lipinski definition) is 0. The Balaban J connectivity index is 1.86. The maximum atomic E-state index is 4.24. The second kappa shape index (κ2) is 8.56. The van der Waals surface area contributed by atoms with Crippen LogP contribution in [0.3, 0.4) is 0 Å². The molecular formula is C29H24N3+. The summed E-state index contributed by atoms with van der Waals surface area (Å²) in [5.41, 5.74) is 10.4. The molecule has 5 rings (SSSR count). The number of rotatable bonds is 4. The van der Waals surface area contributed by atoms with Gasteiger partial charge in [-0.05, 0) is 61.4 Å². The van der Waals surface area contributed by atoms with Crippen molar-refractivity contribution in [3.05, 3.63) is 121 Å². The molecule has 154 valence electrons. The molecule has 5 aromatic rings. The van der Waals surface area contributed by atoms with Gasteiger partial charge in [-0.3, -0.25) is 9.97 Å². The molecule has 0 unspecified atom stereocenters. The van der Waals surface area contributed by atoms with E-state index in [2.05, 4.69) is 113 Å². The molecule has 0 aliphatic heterocycles. The fourth-order valence-corrected chi connectivity index (χ4v) is 3.95. The Morgan fingerprint density at radius 1 is 0.469 bits per heavy atom. The molecule has 3 aromatic heterocycles. The molecule has 2 aromatic carbocycles. The SMILES string of the molecule is Cc1ccc(-c2cc(-c3ccncc3)cc(-c3ccc(C)cc3)[n+]2-c2ccncc2)cc1. The smallest absolute Gasteiger partial charge is 0.219 e. The number of benzene rings is 2. The lowest BCUT2D eigenvalue weighted by Gasteiger charge is -2.12. The topological polar surface area (TPSA) is 29.7 Å². The molecule has 0 atom stereocenters. The van der Waals surface area contributed by atoms with Crippen molar-refractivity contribution in [3.8, 4) is 39.3 Å². The zero-order chi connectivity index (χ0) is 21.9. The van der Waals surface area contributed by atoms with Crippen LogP contribution in [-0.4, -0.2) is 9.97 Å². The minimum atomic E-state index is 1.08. The Bertz CT molecular complexity index is 1280. The van der Waals surface area contributed by atoms with Crippen LogP contribution in [0.1, 0.15) is 11.1 Å². The highest BCUT2D eigenvalue weighted by Crippen LogP contribution is 2.30. The fourth-order valence-electron chi connectivity index (χ4n) is 3.95. The van der Waals surface area contributed by atoms with Gasteiger partial charge in [-0.15, -0.1) is 0 Å². The number of aromatic nitrogens is 3. The minimum absolute atomic E-state index is 1.08. The normalized spacial score (nSPS) is 10.8. The molecule has 3 heteroatoms. The first-order valence-electron chi connectivity index (χ1n) is 10.7. The van der Waals surface area contributed by atoms with Crippen LogP contribution in [0.15, 0.2) is 110 Å². The van der Waals surface area contributed by atoms with Crippen LogP contribution >= 0.6 is 0 Å². The number of hydrogen-bond acceptors (Lipinski definition) is 2. The van der Waals surface area contributed by atoms with E-state index in [1.807, 2.05) is 24.8 Å². The third-order valence-corrected chi connectivity index (χ3v) is 5.70. The van der Waals surface area contributed by atoms with E-state index in [-0.39, 0.29) is 0 Å². The summed E-state index contributed by atoms with van der Waals surface area (Å²) in [6, 6.07) is 30.2. The van der Waals surface area contributed by atoms with Crippen molar-refractivity contribution in [1.82, 2.24) is 9.97 Å². The summed E-state index contributed by atoms with van der Waals surface area (Å²) in [6.07, 6.45) is 7.38. The van der Waals surface area contributed by atoms with Crippen LogP contribution in [0.4, 0.5) is 0 Å². The molecule has 3 heterocycles. The van der Waals surface area contributed by atoms with Crippen molar-refractivity contribution in [1.29, 1.82) is 0 Å². The van der Waals surface area contributed by atoms with Gasteiger partial charge in [-0.2, -0.15) is 4.57 Å². The van der Waals surface area contributed by atoms with Crippen LogP contribution in [0.25, 0.3) is 39.3 Å². The van der Waals surface area contributed by atoms with E-state index in [1.165, 1.54) is 11.1 Å². The van der Waals surface area contributed by atoms with E-state index in [9.17, 15) is 0 Å². The highest BCUT2D eigenvalue weighted by molar-refractivity contribution is 5.74. The first kappa shape index (κ1) is 19.8. The van der Waals surface area contributed by atoms with Gasteiger partial charge in [-0.1, -0.05) is 35.4 Å². The van der Waals surface area contributed by atoms with E-state index in [1.54, 1.807) is 0 Å². The van der Waals surface area contributed by atoms with Gasteiger partial charge in [0, 0.05) is 60.2 Å². The second-order valence-electron chi connectivity index (χ2n) is 8.02. The molecule has 0 saturated heterocycles. The van der Waals surface area contributed by atoms with Gasteiger partial charge < -0.3 is 0 Å². The van der Waals surface area contributed by atoms with Crippen molar-refractivity contribution in [3.63, 3.8) is 0 Å². The van der Waals surface area contributed by atoms with Crippen LogP contribution in [-0.2, 0) is 0 Å². The summed E-state index contributed by atoms with van der Waals surface area (Å²) < 4.78 is 2.32. The lowest BCUT2D eigenvalue weighted by Crippen LogP contribution is -2.36. The van der Waals surface area contributed by atoms with Crippen LogP contribution in [0.2, 0.25) is 0 Å². The lowest BCUT2D eigenvalue weighted by molar-refractivity contribution is -0.572. The number of pyridine rings is 3. The maximum absolute atomic E-state index is 4.24. The van der Waals surface area contributed by atoms with Gasteiger partial charge in [0.1, 0.15) is 0 Å². The number of nitrogens with zero attached hydrogens (tertiary/aromatic N) is 3. The van der Waals surface area contributed by atoms with Gasteiger partial charge in [0.2, 0.25) is 17.1 Å². The zero-order valence-corrected chi connectivity index (χ0v) is 18.2. The molecule has 0 fully saturated rings. The highest BCUT2D eigenvalue weighted by atomic mass is 15.0. The standard InChI is InChI=1S/C29H24N3/c1-21-3-7-24(8-4-21)28-19-26(23-11-15-30-16-12-23)20-29(25-9-5-22(2)6-10-25)32(28)27-13-17-31-18-14-27/h3-20H,1-2H3/q+1. The van der Waals surface area contributed by atoms with Gasteiger partial charge in [0.25, 0.3) is 0 Å². The van der Waals surface area contributed by atoms with Crippen molar-refractivity contribution in [2.24, 2.45) is 0 Å². The Labute approximate surface area is 188 Å². The summed E-state index contributed by atoms with van der Waals surface area (Å²) in [5.74, 6) is 0. The quantitative estimate of drug-likeness (QED) is 0.320.